The summed E-state index contributed by atoms with van der Waals surface area (Å²) in [5.41, 5.74) is 0.935. The molecule has 2 heterocycles. The Morgan fingerprint density at radius 1 is 1.22 bits per heavy atom. The first-order valence-electron chi connectivity index (χ1n) is 6.12. The van der Waals surface area contributed by atoms with Crippen molar-refractivity contribution in [3.63, 3.8) is 0 Å². The fourth-order valence-electron chi connectivity index (χ4n) is 2.52. The zero-order chi connectivity index (χ0) is 12.3. The van der Waals surface area contributed by atoms with E-state index in [4.69, 9.17) is 0 Å². The van der Waals surface area contributed by atoms with E-state index in [9.17, 15) is 4.79 Å². The maximum Gasteiger partial charge on any atom is 0.263 e. The van der Waals surface area contributed by atoms with Gasteiger partial charge in [-0.2, -0.15) is 0 Å². The molecular weight excluding hydrogens is 228 g/mol. The number of aryl methyl sites for hydroxylation is 1. The van der Waals surface area contributed by atoms with Gasteiger partial charge in [0.2, 0.25) is 5.78 Å². The standard InChI is InChI=1S/C13H12N4O/c1-8-14-15-13-16(8)11-5-3-2-4-10(11)12(18)17(13)9-6-7-9/h2-5,9H,6-7H2,1H3. The lowest BCUT2D eigenvalue weighted by Crippen LogP contribution is -2.22. The molecule has 0 radical (unpaired) electrons. The number of rotatable bonds is 1. The predicted octanol–water partition coefficient (Wildman–Crippen LogP) is 1.69. The first-order valence-corrected chi connectivity index (χ1v) is 6.12. The average Bonchev–Trinajstić information content (AvgIpc) is 3.14. The van der Waals surface area contributed by atoms with Crippen LogP contribution in [0.4, 0.5) is 0 Å². The lowest BCUT2D eigenvalue weighted by Gasteiger charge is -2.09. The third kappa shape index (κ3) is 1.13. The Balaban J connectivity index is 2.33. The van der Waals surface area contributed by atoms with E-state index in [2.05, 4.69) is 10.2 Å². The van der Waals surface area contributed by atoms with Crippen LogP contribution in [0.25, 0.3) is 16.7 Å². The van der Waals surface area contributed by atoms with E-state index < -0.39 is 0 Å². The van der Waals surface area contributed by atoms with Crippen LogP contribution in [0.3, 0.4) is 0 Å². The van der Waals surface area contributed by atoms with Gasteiger partial charge in [0, 0.05) is 6.04 Å². The van der Waals surface area contributed by atoms with Gasteiger partial charge in [-0.15, -0.1) is 10.2 Å². The molecule has 0 atom stereocenters. The van der Waals surface area contributed by atoms with Gasteiger partial charge in [-0.25, -0.2) is 0 Å². The van der Waals surface area contributed by atoms with E-state index in [0.717, 1.165) is 29.6 Å². The van der Waals surface area contributed by atoms with Crippen molar-refractivity contribution in [1.29, 1.82) is 0 Å². The number of hydrogen-bond acceptors (Lipinski definition) is 3. The molecule has 2 aromatic heterocycles. The summed E-state index contributed by atoms with van der Waals surface area (Å²) in [5.74, 6) is 1.48. The first kappa shape index (κ1) is 9.82. The van der Waals surface area contributed by atoms with Gasteiger partial charge in [0.15, 0.2) is 0 Å². The Hall–Kier alpha value is -2.17. The van der Waals surface area contributed by atoms with Crippen LogP contribution in [0, 0.1) is 6.92 Å². The summed E-state index contributed by atoms with van der Waals surface area (Å²) in [5, 5.41) is 9.01. The van der Waals surface area contributed by atoms with Crippen LogP contribution in [-0.2, 0) is 0 Å². The van der Waals surface area contributed by atoms with Gasteiger partial charge in [-0.05, 0) is 31.9 Å². The van der Waals surface area contributed by atoms with Crippen molar-refractivity contribution in [1.82, 2.24) is 19.2 Å². The van der Waals surface area contributed by atoms with Gasteiger partial charge in [0.1, 0.15) is 5.82 Å². The predicted molar refractivity (Wildman–Crippen MR) is 67.8 cm³/mol. The number of hydrogen-bond donors (Lipinski definition) is 0. The highest BCUT2D eigenvalue weighted by atomic mass is 16.1. The van der Waals surface area contributed by atoms with E-state index in [-0.39, 0.29) is 5.56 Å². The average molecular weight is 240 g/mol. The molecule has 0 aliphatic heterocycles. The topological polar surface area (TPSA) is 52.2 Å². The molecule has 0 unspecified atom stereocenters. The van der Waals surface area contributed by atoms with Crippen molar-refractivity contribution in [2.45, 2.75) is 25.8 Å². The SMILES string of the molecule is Cc1nnc2n(C3CC3)c(=O)c3ccccc3n12. The fourth-order valence-corrected chi connectivity index (χ4v) is 2.52. The minimum atomic E-state index is 0.0491. The zero-order valence-corrected chi connectivity index (χ0v) is 10.00. The van der Waals surface area contributed by atoms with Gasteiger partial charge in [0.25, 0.3) is 5.56 Å². The van der Waals surface area contributed by atoms with E-state index >= 15 is 0 Å². The Labute approximate surface area is 103 Å². The molecule has 0 bridgehead atoms. The highest BCUT2D eigenvalue weighted by Crippen LogP contribution is 2.35. The third-order valence-corrected chi connectivity index (χ3v) is 3.53. The highest BCUT2D eigenvalue weighted by Gasteiger charge is 2.28. The lowest BCUT2D eigenvalue weighted by molar-refractivity contribution is 0.716. The van der Waals surface area contributed by atoms with E-state index in [1.807, 2.05) is 35.6 Å². The highest BCUT2D eigenvalue weighted by molar-refractivity contribution is 5.80. The van der Waals surface area contributed by atoms with Crippen LogP contribution in [0.2, 0.25) is 0 Å². The number of benzene rings is 1. The molecule has 0 saturated heterocycles. The number of nitrogens with zero attached hydrogens (tertiary/aromatic N) is 4. The van der Waals surface area contributed by atoms with Crippen LogP contribution < -0.4 is 5.56 Å². The molecule has 0 amide bonds. The van der Waals surface area contributed by atoms with E-state index in [1.54, 1.807) is 4.57 Å². The number of fused-ring (bicyclic) bond motifs is 3. The molecule has 0 spiro atoms. The summed E-state index contributed by atoms with van der Waals surface area (Å²) < 4.78 is 3.76. The summed E-state index contributed by atoms with van der Waals surface area (Å²) >= 11 is 0. The molecule has 3 aromatic rings. The summed E-state index contributed by atoms with van der Waals surface area (Å²) in [6, 6.07) is 7.94. The Bertz CT molecular complexity index is 826. The molecule has 5 nitrogen and oxygen atoms in total. The molecule has 1 aliphatic carbocycles. The molecule has 1 saturated carbocycles. The van der Waals surface area contributed by atoms with E-state index in [1.165, 1.54) is 0 Å². The van der Waals surface area contributed by atoms with Crippen LogP contribution in [-0.4, -0.2) is 19.2 Å². The largest absolute Gasteiger partial charge is 0.273 e. The summed E-state index contributed by atoms with van der Waals surface area (Å²) in [4.78, 5) is 12.5. The van der Waals surface area contributed by atoms with Crippen molar-refractivity contribution in [3.05, 3.63) is 40.4 Å². The van der Waals surface area contributed by atoms with Crippen LogP contribution in [0.15, 0.2) is 29.1 Å². The summed E-state index contributed by atoms with van der Waals surface area (Å²) in [7, 11) is 0. The van der Waals surface area contributed by atoms with Gasteiger partial charge in [-0.3, -0.25) is 13.8 Å². The van der Waals surface area contributed by atoms with Crippen molar-refractivity contribution < 1.29 is 0 Å². The molecule has 5 heteroatoms. The zero-order valence-electron chi connectivity index (χ0n) is 10.00. The third-order valence-electron chi connectivity index (χ3n) is 3.53. The van der Waals surface area contributed by atoms with Crippen LogP contribution in [0.1, 0.15) is 24.7 Å². The quantitative estimate of drug-likeness (QED) is 0.650. The van der Waals surface area contributed by atoms with Crippen LogP contribution >= 0.6 is 0 Å². The Morgan fingerprint density at radius 2 is 2.00 bits per heavy atom. The van der Waals surface area contributed by atoms with Crippen molar-refractivity contribution in [2.24, 2.45) is 0 Å². The normalized spacial score (nSPS) is 15.6. The lowest BCUT2D eigenvalue weighted by atomic mass is 10.2. The molecule has 0 N–H and O–H groups in total. The van der Waals surface area contributed by atoms with Crippen molar-refractivity contribution >= 4 is 16.7 Å². The Kier molecular flexibility index (Phi) is 1.74. The van der Waals surface area contributed by atoms with Crippen molar-refractivity contribution in [3.8, 4) is 0 Å². The first-order chi connectivity index (χ1) is 8.77. The van der Waals surface area contributed by atoms with Crippen LogP contribution in [0.5, 0.6) is 0 Å². The molecule has 90 valence electrons. The molecule has 1 aliphatic rings. The molecule has 1 fully saturated rings. The number of aromatic nitrogens is 4. The second kappa shape index (κ2) is 3.19. The van der Waals surface area contributed by atoms with E-state index in [0.29, 0.717) is 11.8 Å². The van der Waals surface area contributed by atoms with Gasteiger partial charge >= 0.3 is 0 Å². The molecule has 4 rings (SSSR count). The number of para-hydroxylation sites is 1. The maximum absolute atomic E-state index is 12.5. The minimum absolute atomic E-state index is 0.0491. The maximum atomic E-state index is 12.5. The van der Waals surface area contributed by atoms with Gasteiger partial charge in [0.05, 0.1) is 10.9 Å². The second-order valence-electron chi connectivity index (χ2n) is 4.81. The second-order valence-corrected chi connectivity index (χ2v) is 4.81. The summed E-state index contributed by atoms with van der Waals surface area (Å²) in [6.07, 6.45) is 2.11. The summed E-state index contributed by atoms with van der Waals surface area (Å²) in [6.45, 7) is 1.91. The monoisotopic (exact) mass is 240 g/mol. The smallest absolute Gasteiger partial charge is 0.263 e. The van der Waals surface area contributed by atoms with Crippen molar-refractivity contribution in [2.75, 3.05) is 0 Å². The minimum Gasteiger partial charge on any atom is -0.273 e. The van der Waals surface area contributed by atoms with Gasteiger partial charge < -0.3 is 0 Å². The van der Waals surface area contributed by atoms with Gasteiger partial charge in [-0.1, -0.05) is 12.1 Å². The molecule has 1 aromatic carbocycles. The fraction of sp³-hybridized carbons (Fsp3) is 0.308. The molecule has 18 heavy (non-hydrogen) atoms. The molecular formula is C13H12N4O. The Morgan fingerprint density at radius 3 is 2.78 bits per heavy atom.